The number of nitro benzene ring substituents is 1. The van der Waals surface area contributed by atoms with E-state index in [1.54, 1.807) is 0 Å². The second-order valence-corrected chi connectivity index (χ2v) is 8.40. The minimum absolute atomic E-state index is 0.0181. The summed E-state index contributed by atoms with van der Waals surface area (Å²) >= 11 is 1.96. The first-order chi connectivity index (χ1) is 13.5. The van der Waals surface area contributed by atoms with Gasteiger partial charge in [0.2, 0.25) is 0 Å². The first-order valence-corrected chi connectivity index (χ1v) is 10.6. The number of nitrogens with one attached hydrogen (secondary N) is 1. The Morgan fingerprint density at radius 2 is 1.93 bits per heavy atom. The second-order valence-electron chi connectivity index (χ2n) is 7.24. The Balaban J connectivity index is 1.74. The Morgan fingerprint density at radius 3 is 2.61 bits per heavy atom. The topological polar surface area (TPSA) is 75.5 Å². The molecule has 1 fully saturated rings. The van der Waals surface area contributed by atoms with Gasteiger partial charge < -0.3 is 5.32 Å². The summed E-state index contributed by atoms with van der Waals surface area (Å²) in [7, 11) is 2.15. The van der Waals surface area contributed by atoms with Crippen molar-refractivity contribution < 1.29 is 9.72 Å². The van der Waals surface area contributed by atoms with Crippen LogP contribution in [0.3, 0.4) is 0 Å². The molecule has 2 aromatic carbocycles. The molecule has 7 heteroatoms. The number of rotatable bonds is 6. The van der Waals surface area contributed by atoms with E-state index in [2.05, 4.69) is 17.3 Å². The fourth-order valence-electron chi connectivity index (χ4n) is 3.69. The van der Waals surface area contributed by atoms with Crippen LogP contribution in [-0.4, -0.2) is 28.8 Å². The van der Waals surface area contributed by atoms with E-state index in [-0.39, 0.29) is 11.6 Å². The van der Waals surface area contributed by atoms with E-state index in [0.29, 0.717) is 15.2 Å². The molecule has 0 spiro atoms. The molecule has 0 atom stereocenters. The molecule has 0 saturated heterocycles. The Bertz CT molecular complexity index is 866. The number of nitrogens with zero attached hydrogens (tertiary/aromatic N) is 2. The summed E-state index contributed by atoms with van der Waals surface area (Å²) in [5.41, 5.74) is 2.27. The van der Waals surface area contributed by atoms with Crippen molar-refractivity contribution in [3.63, 3.8) is 0 Å². The molecule has 1 N–H and O–H groups in total. The number of halogens is 1. The third kappa shape index (κ3) is 5.08. The summed E-state index contributed by atoms with van der Waals surface area (Å²) in [4.78, 5) is 25.6. The Kier molecular flexibility index (Phi) is 7.01. The first-order valence-electron chi connectivity index (χ1n) is 9.49. The van der Waals surface area contributed by atoms with Crippen LogP contribution in [0.1, 0.15) is 48.0 Å². The lowest BCUT2D eigenvalue weighted by molar-refractivity contribution is -0.384. The number of anilines is 1. The molecule has 0 aromatic heterocycles. The lowest BCUT2D eigenvalue weighted by Gasteiger charge is -2.31. The highest BCUT2D eigenvalue weighted by molar-refractivity contribution is 14.1. The second kappa shape index (κ2) is 9.47. The molecule has 1 aliphatic rings. The van der Waals surface area contributed by atoms with E-state index < -0.39 is 4.92 Å². The van der Waals surface area contributed by atoms with Crippen LogP contribution in [0.25, 0.3) is 0 Å². The fourth-order valence-corrected chi connectivity index (χ4v) is 4.43. The predicted molar refractivity (Wildman–Crippen MR) is 119 cm³/mol. The van der Waals surface area contributed by atoms with Crippen molar-refractivity contribution in [2.45, 2.75) is 44.7 Å². The van der Waals surface area contributed by atoms with Crippen molar-refractivity contribution in [1.82, 2.24) is 4.90 Å². The third-order valence-corrected chi connectivity index (χ3v) is 6.18. The molecule has 2 aromatic rings. The van der Waals surface area contributed by atoms with Gasteiger partial charge in [-0.2, -0.15) is 0 Å². The highest BCUT2D eigenvalue weighted by atomic mass is 127. The van der Waals surface area contributed by atoms with Crippen LogP contribution in [-0.2, 0) is 6.54 Å². The zero-order valence-corrected chi connectivity index (χ0v) is 18.0. The molecule has 1 saturated carbocycles. The zero-order valence-electron chi connectivity index (χ0n) is 15.9. The molecule has 0 heterocycles. The van der Waals surface area contributed by atoms with Crippen LogP contribution in [0.15, 0.2) is 42.5 Å². The van der Waals surface area contributed by atoms with Gasteiger partial charge in [0, 0.05) is 34.0 Å². The molecule has 148 valence electrons. The number of benzene rings is 2. The van der Waals surface area contributed by atoms with Gasteiger partial charge in [-0.15, -0.1) is 0 Å². The van der Waals surface area contributed by atoms with Gasteiger partial charge in [0.25, 0.3) is 11.6 Å². The number of carbonyl (C=O) groups is 1. The minimum Gasteiger partial charge on any atom is -0.322 e. The summed E-state index contributed by atoms with van der Waals surface area (Å²) < 4.78 is 0.557. The highest BCUT2D eigenvalue weighted by Gasteiger charge is 2.20. The minimum atomic E-state index is -0.458. The van der Waals surface area contributed by atoms with Crippen LogP contribution in [0, 0.1) is 13.7 Å². The number of amides is 1. The summed E-state index contributed by atoms with van der Waals surface area (Å²) in [5.74, 6) is -0.257. The molecule has 3 rings (SSSR count). The SMILES string of the molecule is CN(Cc1ccccc1NC(=O)c1ccc([N+](=O)[O-])cc1I)C1CCCCC1. The van der Waals surface area contributed by atoms with Gasteiger partial charge in [0.15, 0.2) is 0 Å². The van der Waals surface area contributed by atoms with Gasteiger partial charge in [0.1, 0.15) is 0 Å². The summed E-state index contributed by atoms with van der Waals surface area (Å²) in [6.45, 7) is 0.776. The Morgan fingerprint density at radius 1 is 1.21 bits per heavy atom. The molecule has 6 nitrogen and oxygen atoms in total. The van der Waals surface area contributed by atoms with Crippen molar-refractivity contribution in [3.05, 3.63) is 67.3 Å². The molecule has 0 bridgehead atoms. The Hall–Kier alpha value is -2.00. The third-order valence-electron chi connectivity index (χ3n) is 5.29. The summed E-state index contributed by atoms with van der Waals surface area (Å²) in [6.07, 6.45) is 6.35. The normalized spacial score (nSPS) is 14.8. The molecule has 0 unspecified atom stereocenters. The van der Waals surface area contributed by atoms with Gasteiger partial charge in [-0.25, -0.2) is 0 Å². The van der Waals surface area contributed by atoms with Gasteiger partial charge >= 0.3 is 0 Å². The quantitative estimate of drug-likeness (QED) is 0.340. The van der Waals surface area contributed by atoms with E-state index in [9.17, 15) is 14.9 Å². The first kappa shape index (κ1) is 20.7. The largest absolute Gasteiger partial charge is 0.322 e. The number of hydrogen-bond donors (Lipinski definition) is 1. The number of non-ortho nitro benzene ring substituents is 1. The lowest BCUT2D eigenvalue weighted by atomic mass is 9.94. The lowest BCUT2D eigenvalue weighted by Crippen LogP contribution is -2.33. The standard InChI is InChI=1S/C21H24IN3O3/c1-24(16-8-3-2-4-9-16)14-15-7-5-6-10-20(15)23-21(26)18-12-11-17(25(27)28)13-19(18)22/h5-7,10-13,16H,2-4,8-9,14H2,1H3,(H,23,26). The maximum absolute atomic E-state index is 12.8. The molecule has 1 amide bonds. The number of hydrogen-bond acceptors (Lipinski definition) is 4. The van der Waals surface area contributed by atoms with Crippen molar-refractivity contribution in [1.29, 1.82) is 0 Å². The van der Waals surface area contributed by atoms with Gasteiger partial charge in [-0.05, 0) is 60.2 Å². The van der Waals surface area contributed by atoms with E-state index in [1.165, 1.54) is 50.3 Å². The molecule has 0 aliphatic heterocycles. The van der Waals surface area contributed by atoms with Crippen LogP contribution in [0.5, 0.6) is 0 Å². The van der Waals surface area contributed by atoms with E-state index in [1.807, 2.05) is 46.9 Å². The van der Waals surface area contributed by atoms with Crippen molar-refractivity contribution in [3.8, 4) is 0 Å². The maximum atomic E-state index is 12.8. The highest BCUT2D eigenvalue weighted by Crippen LogP contribution is 2.26. The van der Waals surface area contributed by atoms with Gasteiger partial charge in [-0.3, -0.25) is 19.8 Å². The van der Waals surface area contributed by atoms with E-state index in [4.69, 9.17) is 0 Å². The maximum Gasteiger partial charge on any atom is 0.270 e. The number of nitro groups is 1. The van der Waals surface area contributed by atoms with E-state index >= 15 is 0 Å². The van der Waals surface area contributed by atoms with Crippen LogP contribution in [0.4, 0.5) is 11.4 Å². The molecule has 0 radical (unpaired) electrons. The smallest absolute Gasteiger partial charge is 0.270 e. The van der Waals surface area contributed by atoms with Crippen molar-refractivity contribution in [2.24, 2.45) is 0 Å². The van der Waals surface area contributed by atoms with Gasteiger partial charge in [-0.1, -0.05) is 37.5 Å². The Labute approximate surface area is 178 Å². The fraction of sp³-hybridized carbons (Fsp3) is 0.381. The van der Waals surface area contributed by atoms with Crippen LogP contribution < -0.4 is 5.32 Å². The molecular formula is C21H24IN3O3. The average Bonchev–Trinajstić information content (AvgIpc) is 2.69. The summed E-state index contributed by atoms with van der Waals surface area (Å²) in [5, 5.41) is 13.9. The molecule has 1 aliphatic carbocycles. The molecular weight excluding hydrogens is 469 g/mol. The number of para-hydroxylation sites is 1. The predicted octanol–water partition coefficient (Wildman–Crippen LogP) is 5.22. The van der Waals surface area contributed by atoms with Crippen molar-refractivity contribution >= 4 is 39.9 Å². The van der Waals surface area contributed by atoms with Crippen LogP contribution >= 0.6 is 22.6 Å². The van der Waals surface area contributed by atoms with E-state index in [0.717, 1.165) is 17.8 Å². The number of carbonyl (C=O) groups excluding carboxylic acids is 1. The van der Waals surface area contributed by atoms with Gasteiger partial charge in [0.05, 0.1) is 10.5 Å². The summed E-state index contributed by atoms with van der Waals surface area (Å²) in [6, 6.07) is 12.7. The monoisotopic (exact) mass is 493 g/mol. The van der Waals surface area contributed by atoms with Crippen LogP contribution in [0.2, 0.25) is 0 Å². The average molecular weight is 493 g/mol. The zero-order chi connectivity index (χ0) is 20.1. The molecule has 28 heavy (non-hydrogen) atoms. The van der Waals surface area contributed by atoms with Crippen molar-refractivity contribution in [2.75, 3.05) is 12.4 Å².